The van der Waals surface area contributed by atoms with E-state index in [1.54, 1.807) is 24.4 Å². The number of aryl methyl sites for hydroxylation is 2. The van der Waals surface area contributed by atoms with E-state index in [0.717, 1.165) is 22.4 Å². The maximum absolute atomic E-state index is 12.0. The van der Waals surface area contributed by atoms with Gasteiger partial charge in [-0.25, -0.2) is 4.98 Å². The number of carbonyl (C=O) groups excluding carboxylic acids is 2. The van der Waals surface area contributed by atoms with Crippen molar-refractivity contribution in [2.75, 3.05) is 13.2 Å². The number of aromatic nitrogens is 1. The van der Waals surface area contributed by atoms with E-state index in [-0.39, 0.29) is 25.0 Å². The molecule has 0 spiro atoms. The lowest BCUT2D eigenvalue weighted by molar-refractivity contribution is -0.127. The zero-order valence-electron chi connectivity index (χ0n) is 17.6. The molecule has 3 aromatic rings. The molecular weight excluding hydrogens is 394 g/mol. The lowest BCUT2D eigenvalue weighted by Crippen LogP contribution is -2.38. The van der Waals surface area contributed by atoms with Crippen molar-refractivity contribution in [3.05, 3.63) is 83.6 Å². The number of pyridine rings is 1. The Labute approximate surface area is 181 Å². The maximum Gasteiger partial charge on any atom is 0.258 e. The second kappa shape index (κ2) is 10.8. The highest BCUT2D eigenvalue weighted by molar-refractivity contribution is 5.85. The first kappa shape index (κ1) is 21.8. The van der Waals surface area contributed by atoms with Crippen molar-refractivity contribution in [3.63, 3.8) is 0 Å². The smallest absolute Gasteiger partial charge is 0.258 e. The Kier molecular flexibility index (Phi) is 7.59. The summed E-state index contributed by atoms with van der Waals surface area (Å²) in [7, 11) is 0. The third-order valence-corrected chi connectivity index (χ3v) is 4.40. The highest BCUT2D eigenvalue weighted by atomic mass is 16.5. The average Bonchev–Trinajstić information content (AvgIpc) is 2.79. The molecule has 0 fully saturated rings. The fourth-order valence-corrected chi connectivity index (χ4v) is 2.66. The molecule has 0 aliphatic rings. The topological polar surface area (TPSA) is 89.6 Å². The van der Waals surface area contributed by atoms with Crippen LogP contribution in [0.4, 0.5) is 0 Å². The van der Waals surface area contributed by atoms with Crippen molar-refractivity contribution in [1.29, 1.82) is 0 Å². The molecule has 0 aliphatic carbocycles. The van der Waals surface area contributed by atoms with Crippen LogP contribution in [0.2, 0.25) is 0 Å². The van der Waals surface area contributed by atoms with Gasteiger partial charge in [0.1, 0.15) is 11.5 Å². The van der Waals surface area contributed by atoms with Crippen molar-refractivity contribution < 1.29 is 19.1 Å². The third kappa shape index (κ3) is 7.15. The first-order chi connectivity index (χ1) is 15.0. The van der Waals surface area contributed by atoms with Gasteiger partial charge in [0.25, 0.3) is 5.91 Å². The molecule has 0 saturated heterocycles. The summed E-state index contributed by atoms with van der Waals surface area (Å²) in [5.41, 5.74) is 2.96. The monoisotopic (exact) mass is 419 g/mol. The van der Waals surface area contributed by atoms with Crippen LogP contribution in [0.1, 0.15) is 16.7 Å². The van der Waals surface area contributed by atoms with Gasteiger partial charge in [-0.05, 0) is 48.7 Å². The van der Waals surface area contributed by atoms with Gasteiger partial charge >= 0.3 is 0 Å². The van der Waals surface area contributed by atoms with E-state index in [1.165, 1.54) is 0 Å². The summed E-state index contributed by atoms with van der Waals surface area (Å²) >= 11 is 0. The standard InChI is InChI=1S/C24H25N3O4/c1-17-8-9-18(2)21(12-17)31-24-11-10-19(14-27-24)13-25-22(28)15-26-23(29)16-30-20-6-4-3-5-7-20/h3-12,14H,13,15-16H2,1-2H3,(H,25,28)(H,26,29). The molecule has 160 valence electrons. The molecule has 31 heavy (non-hydrogen) atoms. The Morgan fingerprint density at radius 2 is 1.74 bits per heavy atom. The maximum atomic E-state index is 12.0. The number of rotatable bonds is 9. The molecule has 2 aromatic carbocycles. The van der Waals surface area contributed by atoms with Gasteiger partial charge in [0.2, 0.25) is 11.8 Å². The number of para-hydroxylation sites is 1. The Balaban J connectivity index is 1.39. The van der Waals surface area contributed by atoms with Crippen LogP contribution in [0, 0.1) is 13.8 Å². The van der Waals surface area contributed by atoms with Crippen molar-refractivity contribution >= 4 is 11.8 Å². The minimum absolute atomic E-state index is 0.127. The zero-order chi connectivity index (χ0) is 22.1. The number of hydrogen-bond donors (Lipinski definition) is 2. The number of ether oxygens (including phenoxy) is 2. The van der Waals surface area contributed by atoms with E-state index in [4.69, 9.17) is 9.47 Å². The van der Waals surface area contributed by atoms with Gasteiger partial charge in [-0.1, -0.05) is 36.4 Å². The summed E-state index contributed by atoms with van der Waals surface area (Å²) in [6, 6.07) is 18.6. The Morgan fingerprint density at radius 1 is 0.935 bits per heavy atom. The first-order valence-electron chi connectivity index (χ1n) is 9.91. The number of benzene rings is 2. The molecule has 0 radical (unpaired) electrons. The molecule has 0 bridgehead atoms. The second-order valence-electron chi connectivity index (χ2n) is 7.03. The summed E-state index contributed by atoms with van der Waals surface area (Å²) in [6.45, 7) is 4.00. The predicted octanol–water partition coefficient (Wildman–Crippen LogP) is 3.30. The number of amides is 2. The molecule has 7 heteroatoms. The fourth-order valence-electron chi connectivity index (χ4n) is 2.66. The minimum Gasteiger partial charge on any atom is -0.484 e. The number of nitrogens with zero attached hydrogens (tertiary/aromatic N) is 1. The fraction of sp³-hybridized carbons (Fsp3) is 0.208. The van der Waals surface area contributed by atoms with E-state index < -0.39 is 0 Å². The molecular formula is C24H25N3O4. The molecule has 1 heterocycles. The van der Waals surface area contributed by atoms with Crippen molar-refractivity contribution in [2.45, 2.75) is 20.4 Å². The van der Waals surface area contributed by atoms with Crippen molar-refractivity contribution in [2.24, 2.45) is 0 Å². The zero-order valence-corrected chi connectivity index (χ0v) is 17.6. The lowest BCUT2D eigenvalue weighted by Gasteiger charge is -2.10. The molecule has 0 saturated carbocycles. The minimum atomic E-state index is -0.367. The van der Waals surface area contributed by atoms with Crippen molar-refractivity contribution in [3.8, 4) is 17.4 Å². The Bertz CT molecular complexity index is 1020. The van der Waals surface area contributed by atoms with Crippen LogP contribution in [0.5, 0.6) is 17.4 Å². The lowest BCUT2D eigenvalue weighted by atomic mass is 10.1. The largest absolute Gasteiger partial charge is 0.484 e. The summed E-state index contributed by atoms with van der Waals surface area (Å²) in [6.07, 6.45) is 1.65. The van der Waals surface area contributed by atoms with E-state index in [1.807, 2.05) is 56.3 Å². The van der Waals surface area contributed by atoms with Crippen LogP contribution in [0.25, 0.3) is 0 Å². The molecule has 3 rings (SSSR count). The molecule has 0 atom stereocenters. The van der Waals surface area contributed by atoms with E-state index in [2.05, 4.69) is 15.6 Å². The van der Waals surface area contributed by atoms with Gasteiger partial charge in [0.15, 0.2) is 6.61 Å². The number of nitrogens with one attached hydrogen (secondary N) is 2. The summed E-state index contributed by atoms with van der Waals surface area (Å²) < 4.78 is 11.2. The second-order valence-corrected chi connectivity index (χ2v) is 7.03. The highest BCUT2D eigenvalue weighted by Crippen LogP contribution is 2.24. The first-order valence-corrected chi connectivity index (χ1v) is 9.91. The Hall–Kier alpha value is -3.87. The van der Waals surface area contributed by atoms with Crippen LogP contribution < -0.4 is 20.1 Å². The average molecular weight is 419 g/mol. The van der Waals surface area contributed by atoms with Crippen LogP contribution in [-0.2, 0) is 16.1 Å². The number of hydrogen-bond acceptors (Lipinski definition) is 5. The molecule has 0 unspecified atom stereocenters. The van der Waals surface area contributed by atoms with Gasteiger partial charge in [0, 0.05) is 18.8 Å². The predicted molar refractivity (Wildman–Crippen MR) is 117 cm³/mol. The normalized spacial score (nSPS) is 10.3. The number of carbonyl (C=O) groups is 2. The molecule has 0 aliphatic heterocycles. The van der Waals surface area contributed by atoms with Crippen LogP contribution in [0.3, 0.4) is 0 Å². The summed E-state index contributed by atoms with van der Waals surface area (Å²) in [4.78, 5) is 28.0. The van der Waals surface area contributed by atoms with Crippen molar-refractivity contribution in [1.82, 2.24) is 15.6 Å². The third-order valence-electron chi connectivity index (χ3n) is 4.40. The molecule has 1 aromatic heterocycles. The summed E-state index contributed by atoms with van der Waals surface area (Å²) in [5.74, 6) is 1.17. The highest BCUT2D eigenvalue weighted by Gasteiger charge is 2.07. The Morgan fingerprint density at radius 3 is 2.48 bits per heavy atom. The van der Waals surface area contributed by atoms with E-state index in [0.29, 0.717) is 18.2 Å². The van der Waals surface area contributed by atoms with Gasteiger partial charge in [0.05, 0.1) is 6.54 Å². The molecule has 2 N–H and O–H groups in total. The van der Waals surface area contributed by atoms with Gasteiger partial charge in [-0.15, -0.1) is 0 Å². The quantitative estimate of drug-likeness (QED) is 0.556. The van der Waals surface area contributed by atoms with Gasteiger partial charge in [-0.2, -0.15) is 0 Å². The van der Waals surface area contributed by atoms with E-state index >= 15 is 0 Å². The van der Waals surface area contributed by atoms with Crippen LogP contribution >= 0.6 is 0 Å². The molecule has 2 amide bonds. The van der Waals surface area contributed by atoms with Crippen LogP contribution in [0.15, 0.2) is 66.9 Å². The summed E-state index contributed by atoms with van der Waals surface area (Å²) in [5, 5.41) is 5.26. The SMILES string of the molecule is Cc1ccc(C)c(Oc2ccc(CNC(=O)CNC(=O)COc3ccccc3)cn2)c1. The van der Waals surface area contributed by atoms with Crippen LogP contribution in [-0.4, -0.2) is 29.9 Å². The van der Waals surface area contributed by atoms with Gasteiger partial charge in [-0.3, -0.25) is 9.59 Å². The van der Waals surface area contributed by atoms with Gasteiger partial charge < -0.3 is 20.1 Å². The molecule has 7 nitrogen and oxygen atoms in total. The van der Waals surface area contributed by atoms with E-state index in [9.17, 15) is 9.59 Å².